The van der Waals surface area contributed by atoms with Gasteiger partial charge in [0, 0.05) is 30.8 Å². The summed E-state index contributed by atoms with van der Waals surface area (Å²) in [7, 11) is 1.21. The lowest BCUT2D eigenvalue weighted by Crippen LogP contribution is -2.43. The smallest absolute Gasteiger partial charge is 0.367 e. The minimum absolute atomic E-state index is 0.0701. The number of pyridine rings is 1. The highest BCUT2D eigenvalue weighted by molar-refractivity contribution is 7.99. The standard InChI is InChI=1S/C23H24ClF4N3OS/c1-31(22(32)13-6-8-33-9-7-13)21(23(26,27)28)15-3-5-19(29-12-15)30-16-10-14-2-4-18(24)20(25)17(14)11-16/h2-5,12-13,16,21H,6-11H2,1H3,(H,29,30). The lowest BCUT2D eigenvalue weighted by Gasteiger charge is -2.33. The Morgan fingerprint density at radius 3 is 2.58 bits per heavy atom. The summed E-state index contributed by atoms with van der Waals surface area (Å²) < 4.78 is 56.1. The molecule has 0 bridgehead atoms. The molecular weight excluding hydrogens is 478 g/mol. The summed E-state index contributed by atoms with van der Waals surface area (Å²) in [5, 5.41) is 3.23. The molecule has 1 fully saturated rings. The number of fused-ring (bicyclic) bond motifs is 1. The lowest BCUT2D eigenvalue weighted by molar-refractivity contribution is -0.190. The van der Waals surface area contributed by atoms with Crippen molar-refractivity contribution in [2.75, 3.05) is 23.9 Å². The molecule has 0 radical (unpaired) electrons. The van der Waals surface area contributed by atoms with Crippen molar-refractivity contribution in [3.05, 3.63) is 58.0 Å². The molecule has 1 aromatic heterocycles. The monoisotopic (exact) mass is 501 g/mol. The van der Waals surface area contributed by atoms with Crippen molar-refractivity contribution < 1.29 is 22.4 Å². The number of hydrogen-bond donors (Lipinski definition) is 1. The average Bonchev–Trinajstić information content (AvgIpc) is 3.20. The maximum absolute atomic E-state index is 14.2. The molecule has 2 heterocycles. The number of aromatic nitrogens is 1. The summed E-state index contributed by atoms with van der Waals surface area (Å²) >= 11 is 7.57. The number of carbonyl (C=O) groups is 1. The van der Waals surface area contributed by atoms with Gasteiger partial charge in [0.05, 0.1) is 5.02 Å². The van der Waals surface area contributed by atoms with E-state index < -0.39 is 23.9 Å². The highest BCUT2D eigenvalue weighted by Crippen LogP contribution is 2.39. The van der Waals surface area contributed by atoms with Crippen molar-refractivity contribution in [2.45, 2.75) is 43.9 Å². The number of nitrogens with one attached hydrogen (secondary N) is 1. The predicted molar refractivity (Wildman–Crippen MR) is 122 cm³/mol. The molecule has 178 valence electrons. The highest BCUT2D eigenvalue weighted by atomic mass is 35.5. The Morgan fingerprint density at radius 1 is 1.21 bits per heavy atom. The molecule has 2 aromatic rings. The van der Waals surface area contributed by atoms with Crippen LogP contribution in [0.3, 0.4) is 0 Å². The lowest BCUT2D eigenvalue weighted by atomic mass is 9.99. The zero-order valence-electron chi connectivity index (χ0n) is 18.0. The molecule has 1 aliphatic heterocycles. The zero-order chi connectivity index (χ0) is 23.8. The van der Waals surface area contributed by atoms with Gasteiger partial charge in [-0.25, -0.2) is 9.37 Å². The van der Waals surface area contributed by atoms with E-state index in [2.05, 4.69) is 10.3 Å². The Labute approximate surface area is 199 Å². The van der Waals surface area contributed by atoms with E-state index in [1.807, 2.05) is 0 Å². The van der Waals surface area contributed by atoms with Crippen LogP contribution in [0, 0.1) is 11.7 Å². The summed E-state index contributed by atoms with van der Waals surface area (Å²) in [6, 6.07) is 3.91. The fourth-order valence-corrected chi connectivity index (χ4v) is 5.87. The van der Waals surface area contributed by atoms with Crippen LogP contribution < -0.4 is 5.32 Å². The van der Waals surface area contributed by atoms with Crippen LogP contribution in [0.1, 0.15) is 35.6 Å². The van der Waals surface area contributed by atoms with Gasteiger partial charge in [0.15, 0.2) is 6.04 Å². The van der Waals surface area contributed by atoms with Crippen LogP contribution in [-0.4, -0.2) is 46.6 Å². The van der Waals surface area contributed by atoms with Crippen LogP contribution in [0.15, 0.2) is 30.5 Å². The van der Waals surface area contributed by atoms with Crippen molar-refractivity contribution >= 4 is 35.1 Å². The molecule has 33 heavy (non-hydrogen) atoms. The van der Waals surface area contributed by atoms with Crippen LogP contribution in [0.4, 0.5) is 23.4 Å². The van der Waals surface area contributed by atoms with E-state index in [9.17, 15) is 22.4 Å². The molecule has 4 rings (SSSR count). The predicted octanol–water partition coefficient (Wildman–Crippen LogP) is 5.66. The van der Waals surface area contributed by atoms with Gasteiger partial charge in [-0.05, 0) is 60.4 Å². The van der Waals surface area contributed by atoms with Crippen LogP contribution in [0.25, 0.3) is 0 Å². The Balaban J connectivity index is 1.47. The Morgan fingerprint density at radius 2 is 1.94 bits per heavy atom. The molecule has 1 saturated heterocycles. The van der Waals surface area contributed by atoms with Gasteiger partial charge in [-0.15, -0.1) is 0 Å². The number of halogens is 5. The molecule has 2 unspecified atom stereocenters. The molecule has 0 spiro atoms. The molecular formula is C23H24ClF4N3OS. The number of alkyl halides is 3. The highest BCUT2D eigenvalue weighted by Gasteiger charge is 2.46. The first-order chi connectivity index (χ1) is 15.6. The first kappa shape index (κ1) is 24.1. The minimum Gasteiger partial charge on any atom is -0.367 e. The second-order valence-electron chi connectivity index (χ2n) is 8.51. The molecule has 1 aliphatic carbocycles. The number of rotatable bonds is 5. The number of amides is 1. The van der Waals surface area contributed by atoms with Gasteiger partial charge < -0.3 is 10.2 Å². The number of anilines is 1. The third-order valence-corrected chi connectivity index (χ3v) is 7.62. The number of benzene rings is 1. The molecule has 1 aromatic carbocycles. The average molecular weight is 502 g/mol. The van der Waals surface area contributed by atoms with Gasteiger partial charge in [-0.1, -0.05) is 23.7 Å². The largest absolute Gasteiger partial charge is 0.413 e. The molecule has 10 heteroatoms. The quantitative estimate of drug-likeness (QED) is 0.537. The molecule has 2 atom stereocenters. The Kier molecular flexibility index (Phi) is 7.09. The van der Waals surface area contributed by atoms with Crippen molar-refractivity contribution in [3.63, 3.8) is 0 Å². The third-order valence-electron chi connectivity index (χ3n) is 6.28. The van der Waals surface area contributed by atoms with Crippen molar-refractivity contribution in [3.8, 4) is 0 Å². The summed E-state index contributed by atoms with van der Waals surface area (Å²) in [6.45, 7) is 0. The van der Waals surface area contributed by atoms with Gasteiger partial charge >= 0.3 is 6.18 Å². The molecule has 1 N–H and O–H groups in total. The maximum Gasteiger partial charge on any atom is 0.413 e. The number of nitrogens with zero attached hydrogens (tertiary/aromatic N) is 2. The SMILES string of the molecule is CN(C(=O)C1CCSCC1)C(c1ccc(NC2Cc3ccc(Cl)c(F)c3C2)nc1)C(F)(F)F. The van der Waals surface area contributed by atoms with Gasteiger partial charge in [0.2, 0.25) is 5.91 Å². The fourth-order valence-electron chi connectivity index (χ4n) is 4.58. The van der Waals surface area contributed by atoms with E-state index in [1.54, 1.807) is 17.8 Å². The van der Waals surface area contributed by atoms with Crippen LogP contribution in [0.5, 0.6) is 0 Å². The Bertz CT molecular complexity index is 1010. The van der Waals surface area contributed by atoms with E-state index in [0.29, 0.717) is 37.1 Å². The Hall–Kier alpha value is -2.00. The topological polar surface area (TPSA) is 45.2 Å². The van der Waals surface area contributed by atoms with Crippen molar-refractivity contribution in [1.29, 1.82) is 0 Å². The van der Waals surface area contributed by atoms with E-state index in [0.717, 1.165) is 28.2 Å². The van der Waals surface area contributed by atoms with Gasteiger partial charge in [-0.3, -0.25) is 4.79 Å². The minimum atomic E-state index is -4.63. The number of hydrogen-bond acceptors (Lipinski definition) is 4. The first-order valence-electron chi connectivity index (χ1n) is 10.7. The summed E-state index contributed by atoms with van der Waals surface area (Å²) in [4.78, 5) is 17.7. The van der Waals surface area contributed by atoms with Crippen LogP contribution in [-0.2, 0) is 17.6 Å². The van der Waals surface area contributed by atoms with Gasteiger partial charge in [0.25, 0.3) is 0 Å². The van der Waals surface area contributed by atoms with E-state index in [1.165, 1.54) is 25.2 Å². The molecule has 0 saturated carbocycles. The summed E-state index contributed by atoms with van der Waals surface area (Å²) in [6.07, 6.45) is -1.32. The van der Waals surface area contributed by atoms with E-state index >= 15 is 0 Å². The second-order valence-corrected chi connectivity index (χ2v) is 10.1. The maximum atomic E-state index is 14.2. The molecule has 1 amide bonds. The van der Waals surface area contributed by atoms with Crippen molar-refractivity contribution in [1.82, 2.24) is 9.88 Å². The van der Waals surface area contributed by atoms with E-state index in [-0.39, 0.29) is 22.5 Å². The van der Waals surface area contributed by atoms with Gasteiger partial charge in [-0.2, -0.15) is 24.9 Å². The third kappa shape index (κ3) is 5.24. The summed E-state index contributed by atoms with van der Waals surface area (Å²) in [5.41, 5.74) is 1.31. The van der Waals surface area contributed by atoms with E-state index in [4.69, 9.17) is 11.6 Å². The van der Waals surface area contributed by atoms with Crippen molar-refractivity contribution in [2.24, 2.45) is 5.92 Å². The molecule has 2 aliphatic rings. The summed E-state index contributed by atoms with van der Waals surface area (Å²) in [5.74, 6) is 0.659. The molecule has 4 nitrogen and oxygen atoms in total. The first-order valence-corrected chi connectivity index (χ1v) is 12.3. The second kappa shape index (κ2) is 9.70. The fraction of sp³-hybridized carbons (Fsp3) is 0.478. The van der Waals surface area contributed by atoms with Gasteiger partial charge in [0.1, 0.15) is 11.6 Å². The zero-order valence-corrected chi connectivity index (χ0v) is 19.5. The van der Waals surface area contributed by atoms with Crippen LogP contribution >= 0.6 is 23.4 Å². The number of thioether (sulfide) groups is 1. The normalized spacial score (nSPS) is 19.8. The van der Waals surface area contributed by atoms with Crippen LogP contribution in [0.2, 0.25) is 5.02 Å². The number of carbonyl (C=O) groups excluding carboxylic acids is 1.